The number of hydrogen-bond acceptors (Lipinski definition) is 3. The Kier molecular flexibility index (Phi) is 3.31. The van der Waals surface area contributed by atoms with Crippen LogP contribution in [0.2, 0.25) is 5.02 Å². The van der Waals surface area contributed by atoms with Crippen LogP contribution in [0, 0.1) is 21.4 Å². The molecular weight excluding hydrogens is 254 g/mol. The summed E-state index contributed by atoms with van der Waals surface area (Å²) in [5.41, 5.74) is 0.918. The zero-order chi connectivity index (χ0) is 13.1. The number of nitriles is 1. The van der Waals surface area contributed by atoms with Gasteiger partial charge in [-0.25, -0.2) is 0 Å². The molecule has 0 atom stereocenters. The normalized spacial score (nSPS) is 10.0. The standard InChI is InChI=1S/C12H8ClN3O2/c13-10-3-4-12(16(17)18)9(6-10)8-15-5-1-2-11(15)7-14/h1-6H,8H2. The second-order valence-corrected chi connectivity index (χ2v) is 4.10. The minimum Gasteiger partial charge on any atom is -0.335 e. The summed E-state index contributed by atoms with van der Waals surface area (Å²) < 4.78 is 1.64. The number of nitro benzene ring substituents is 1. The van der Waals surface area contributed by atoms with E-state index in [2.05, 4.69) is 0 Å². The first kappa shape index (κ1) is 12.1. The van der Waals surface area contributed by atoms with Crippen LogP contribution in [0.5, 0.6) is 0 Å². The minimum atomic E-state index is -0.457. The Hall–Kier alpha value is -2.32. The van der Waals surface area contributed by atoms with Crippen molar-refractivity contribution in [3.05, 3.63) is 62.9 Å². The molecule has 0 fully saturated rings. The van der Waals surface area contributed by atoms with Gasteiger partial charge in [0.2, 0.25) is 0 Å². The van der Waals surface area contributed by atoms with Crippen LogP contribution >= 0.6 is 11.6 Å². The molecule has 0 amide bonds. The quantitative estimate of drug-likeness (QED) is 0.630. The lowest BCUT2D eigenvalue weighted by Gasteiger charge is -2.06. The average Bonchev–Trinajstić information content (AvgIpc) is 2.76. The predicted octanol–water partition coefficient (Wildman–Crippen LogP) is 2.97. The van der Waals surface area contributed by atoms with Crippen molar-refractivity contribution in [1.82, 2.24) is 4.57 Å². The second kappa shape index (κ2) is 4.90. The van der Waals surface area contributed by atoms with Crippen molar-refractivity contribution in [2.45, 2.75) is 6.54 Å². The fourth-order valence-electron chi connectivity index (χ4n) is 1.70. The summed E-state index contributed by atoms with van der Waals surface area (Å²) in [6, 6.07) is 9.77. The monoisotopic (exact) mass is 261 g/mol. The molecule has 0 unspecified atom stereocenters. The summed E-state index contributed by atoms with van der Waals surface area (Å²) >= 11 is 5.84. The van der Waals surface area contributed by atoms with Gasteiger partial charge < -0.3 is 4.57 Å². The number of aromatic nitrogens is 1. The van der Waals surface area contributed by atoms with E-state index in [-0.39, 0.29) is 12.2 Å². The molecule has 0 radical (unpaired) electrons. The van der Waals surface area contributed by atoms with Gasteiger partial charge in [-0.3, -0.25) is 10.1 Å². The number of benzene rings is 1. The van der Waals surface area contributed by atoms with Crippen molar-refractivity contribution in [3.63, 3.8) is 0 Å². The maximum absolute atomic E-state index is 10.9. The van der Waals surface area contributed by atoms with Crippen molar-refractivity contribution < 1.29 is 4.92 Å². The average molecular weight is 262 g/mol. The van der Waals surface area contributed by atoms with Crippen LogP contribution in [0.4, 0.5) is 5.69 Å². The van der Waals surface area contributed by atoms with Crippen LogP contribution in [-0.2, 0) is 6.54 Å². The lowest BCUT2D eigenvalue weighted by Crippen LogP contribution is -2.04. The highest BCUT2D eigenvalue weighted by Gasteiger charge is 2.14. The van der Waals surface area contributed by atoms with E-state index in [4.69, 9.17) is 16.9 Å². The van der Waals surface area contributed by atoms with Crippen LogP contribution < -0.4 is 0 Å². The van der Waals surface area contributed by atoms with E-state index in [1.165, 1.54) is 12.1 Å². The third kappa shape index (κ3) is 2.34. The van der Waals surface area contributed by atoms with Crippen molar-refractivity contribution in [2.24, 2.45) is 0 Å². The zero-order valence-corrected chi connectivity index (χ0v) is 9.96. The highest BCUT2D eigenvalue weighted by Crippen LogP contribution is 2.24. The Morgan fingerprint density at radius 1 is 1.44 bits per heavy atom. The predicted molar refractivity (Wildman–Crippen MR) is 66.4 cm³/mol. The highest BCUT2D eigenvalue weighted by molar-refractivity contribution is 6.30. The van der Waals surface area contributed by atoms with Gasteiger partial charge >= 0.3 is 0 Å². The topological polar surface area (TPSA) is 71.9 Å². The Morgan fingerprint density at radius 3 is 2.89 bits per heavy atom. The molecule has 2 aromatic rings. The molecule has 0 bridgehead atoms. The SMILES string of the molecule is N#Cc1cccn1Cc1cc(Cl)ccc1[N+](=O)[O-]. The molecule has 6 heteroatoms. The summed E-state index contributed by atoms with van der Waals surface area (Å²) in [4.78, 5) is 10.4. The molecule has 0 spiro atoms. The van der Waals surface area contributed by atoms with Crippen LogP contribution in [-0.4, -0.2) is 9.49 Å². The van der Waals surface area contributed by atoms with Gasteiger partial charge in [-0.15, -0.1) is 0 Å². The van der Waals surface area contributed by atoms with Gasteiger partial charge in [-0.1, -0.05) is 11.6 Å². The lowest BCUT2D eigenvalue weighted by molar-refractivity contribution is -0.385. The van der Waals surface area contributed by atoms with E-state index >= 15 is 0 Å². The summed E-state index contributed by atoms with van der Waals surface area (Å²) in [6.45, 7) is 0.243. The number of rotatable bonds is 3. The number of nitrogens with zero attached hydrogens (tertiary/aromatic N) is 3. The first-order valence-corrected chi connectivity index (χ1v) is 5.47. The first-order chi connectivity index (χ1) is 8.61. The molecule has 18 heavy (non-hydrogen) atoms. The Morgan fingerprint density at radius 2 is 2.22 bits per heavy atom. The van der Waals surface area contributed by atoms with Crippen molar-refractivity contribution in [2.75, 3.05) is 0 Å². The number of hydrogen-bond donors (Lipinski definition) is 0. The maximum atomic E-state index is 10.9. The van der Waals surface area contributed by atoms with Crippen LogP contribution in [0.15, 0.2) is 36.5 Å². The molecule has 0 aliphatic rings. The van der Waals surface area contributed by atoms with Crippen molar-refractivity contribution in [1.29, 1.82) is 5.26 Å². The minimum absolute atomic E-state index is 0.00279. The number of halogens is 1. The van der Waals surface area contributed by atoms with Crippen molar-refractivity contribution >= 4 is 17.3 Å². The summed E-state index contributed by atoms with van der Waals surface area (Å²) in [7, 11) is 0. The molecule has 0 aliphatic heterocycles. The van der Waals surface area contributed by atoms with Crippen LogP contribution in [0.1, 0.15) is 11.3 Å². The molecule has 0 saturated heterocycles. The van der Waals surface area contributed by atoms with Gasteiger partial charge in [0.25, 0.3) is 5.69 Å². The fraction of sp³-hybridized carbons (Fsp3) is 0.0833. The molecule has 1 aromatic heterocycles. The summed E-state index contributed by atoms with van der Waals surface area (Å²) in [5.74, 6) is 0. The maximum Gasteiger partial charge on any atom is 0.274 e. The molecular formula is C12H8ClN3O2. The lowest BCUT2D eigenvalue weighted by atomic mass is 10.2. The fourth-order valence-corrected chi connectivity index (χ4v) is 1.89. The molecule has 0 aliphatic carbocycles. The molecule has 2 rings (SSSR count). The largest absolute Gasteiger partial charge is 0.335 e. The van der Waals surface area contributed by atoms with Gasteiger partial charge in [0.1, 0.15) is 11.8 Å². The van der Waals surface area contributed by atoms with E-state index < -0.39 is 4.92 Å². The molecule has 1 aromatic carbocycles. The van der Waals surface area contributed by atoms with Gasteiger partial charge in [-0.05, 0) is 24.3 Å². The van der Waals surface area contributed by atoms with Gasteiger partial charge in [0.15, 0.2) is 0 Å². The van der Waals surface area contributed by atoms with Gasteiger partial charge in [0.05, 0.1) is 17.0 Å². The van der Waals surface area contributed by atoms with Gasteiger partial charge in [0, 0.05) is 17.3 Å². The van der Waals surface area contributed by atoms with Crippen LogP contribution in [0.3, 0.4) is 0 Å². The zero-order valence-electron chi connectivity index (χ0n) is 9.21. The molecule has 90 valence electrons. The second-order valence-electron chi connectivity index (χ2n) is 3.66. The van der Waals surface area contributed by atoms with E-state index in [0.717, 1.165) is 0 Å². The van der Waals surface area contributed by atoms with Gasteiger partial charge in [-0.2, -0.15) is 5.26 Å². The first-order valence-electron chi connectivity index (χ1n) is 5.10. The van der Waals surface area contributed by atoms with E-state index in [1.807, 2.05) is 6.07 Å². The van der Waals surface area contributed by atoms with E-state index in [0.29, 0.717) is 16.3 Å². The number of nitro groups is 1. The third-order valence-electron chi connectivity index (χ3n) is 2.52. The Bertz CT molecular complexity index is 643. The summed E-state index contributed by atoms with van der Waals surface area (Å²) in [6.07, 6.45) is 1.70. The van der Waals surface area contributed by atoms with Crippen molar-refractivity contribution in [3.8, 4) is 6.07 Å². The smallest absolute Gasteiger partial charge is 0.274 e. The molecule has 5 nitrogen and oxygen atoms in total. The highest BCUT2D eigenvalue weighted by atomic mass is 35.5. The molecule has 0 N–H and O–H groups in total. The Balaban J connectivity index is 2.43. The van der Waals surface area contributed by atoms with E-state index in [9.17, 15) is 10.1 Å². The third-order valence-corrected chi connectivity index (χ3v) is 2.76. The molecule has 0 saturated carbocycles. The summed E-state index contributed by atoms with van der Waals surface area (Å²) in [5, 5.41) is 20.2. The van der Waals surface area contributed by atoms with E-state index in [1.54, 1.807) is 29.0 Å². The molecule has 1 heterocycles. The Labute approximate surface area is 108 Å². The van der Waals surface area contributed by atoms with Crippen LogP contribution in [0.25, 0.3) is 0 Å².